The lowest BCUT2D eigenvalue weighted by Gasteiger charge is -2.28. The van der Waals surface area contributed by atoms with Crippen LogP contribution in [0.4, 0.5) is 0 Å². The third-order valence-electron chi connectivity index (χ3n) is 3.96. The van der Waals surface area contributed by atoms with Crippen molar-refractivity contribution in [2.45, 2.75) is 52.0 Å². The zero-order valence-electron chi connectivity index (χ0n) is 13.3. The number of aliphatic hydroxyl groups is 1. The van der Waals surface area contributed by atoms with Crippen molar-refractivity contribution >= 4 is 21.8 Å². The molecule has 1 aromatic carbocycles. The Balaban J connectivity index is 2.78. The average molecular weight is 356 g/mol. The van der Waals surface area contributed by atoms with Crippen molar-refractivity contribution in [1.82, 2.24) is 5.32 Å². The second-order valence-electron chi connectivity index (χ2n) is 6.23. The molecule has 0 heterocycles. The van der Waals surface area contributed by atoms with Gasteiger partial charge in [0, 0.05) is 17.1 Å². The Kier molecular flexibility index (Phi) is 6.88. The van der Waals surface area contributed by atoms with Gasteiger partial charge in [0.1, 0.15) is 0 Å². The number of amides is 1. The lowest BCUT2D eigenvalue weighted by Crippen LogP contribution is -2.45. The summed E-state index contributed by atoms with van der Waals surface area (Å²) in [5.41, 5.74) is 0.421. The van der Waals surface area contributed by atoms with Crippen molar-refractivity contribution in [3.05, 3.63) is 34.3 Å². The third kappa shape index (κ3) is 5.11. The number of nitrogens with one attached hydrogen (secondary N) is 1. The number of benzene rings is 1. The van der Waals surface area contributed by atoms with Crippen molar-refractivity contribution in [2.75, 3.05) is 6.61 Å². The fraction of sp³-hybridized carbons (Fsp3) is 0.588. The number of carbonyl (C=O) groups is 1. The molecule has 4 heteroatoms. The van der Waals surface area contributed by atoms with E-state index < -0.39 is 5.41 Å². The molecule has 3 nitrogen and oxygen atoms in total. The number of rotatable bonds is 7. The van der Waals surface area contributed by atoms with Crippen LogP contribution in [0.3, 0.4) is 0 Å². The van der Waals surface area contributed by atoms with Crippen LogP contribution < -0.4 is 5.32 Å². The number of hydrogen-bond donors (Lipinski definition) is 2. The quantitative estimate of drug-likeness (QED) is 0.784. The number of hydrogen-bond acceptors (Lipinski definition) is 2. The molecule has 0 spiro atoms. The monoisotopic (exact) mass is 355 g/mol. The molecule has 2 atom stereocenters. The lowest BCUT2D eigenvalue weighted by atomic mass is 9.83. The van der Waals surface area contributed by atoms with Gasteiger partial charge in [-0.3, -0.25) is 4.79 Å². The van der Waals surface area contributed by atoms with Crippen LogP contribution in [0.1, 0.15) is 46.1 Å². The molecule has 21 heavy (non-hydrogen) atoms. The van der Waals surface area contributed by atoms with Crippen LogP contribution in [0, 0.1) is 5.92 Å². The Morgan fingerprint density at radius 3 is 2.38 bits per heavy atom. The molecule has 1 amide bonds. The van der Waals surface area contributed by atoms with Gasteiger partial charge in [-0.05, 0) is 50.3 Å². The van der Waals surface area contributed by atoms with E-state index in [-0.39, 0.29) is 24.5 Å². The average Bonchev–Trinajstić information content (AvgIpc) is 2.46. The molecule has 0 unspecified atom stereocenters. The molecule has 0 saturated heterocycles. The van der Waals surface area contributed by atoms with E-state index in [9.17, 15) is 4.79 Å². The van der Waals surface area contributed by atoms with Crippen LogP contribution in [0.25, 0.3) is 0 Å². The van der Waals surface area contributed by atoms with E-state index >= 15 is 0 Å². The maximum absolute atomic E-state index is 12.6. The van der Waals surface area contributed by atoms with E-state index in [4.69, 9.17) is 5.11 Å². The van der Waals surface area contributed by atoms with Crippen LogP contribution in [0.15, 0.2) is 28.7 Å². The van der Waals surface area contributed by atoms with Gasteiger partial charge < -0.3 is 10.4 Å². The first-order valence-electron chi connectivity index (χ1n) is 7.49. The molecule has 0 fully saturated rings. The van der Waals surface area contributed by atoms with Gasteiger partial charge in [0.15, 0.2) is 0 Å². The molecule has 0 aliphatic rings. The third-order valence-corrected chi connectivity index (χ3v) is 4.49. The first kappa shape index (κ1) is 18.2. The van der Waals surface area contributed by atoms with E-state index in [1.165, 1.54) is 0 Å². The van der Waals surface area contributed by atoms with Gasteiger partial charge in [-0.15, -0.1) is 0 Å². The summed E-state index contributed by atoms with van der Waals surface area (Å²) in [4.78, 5) is 12.6. The van der Waals surface area contributed by atoms with Crippen LogP contribution in [-0.2, 0) is 10.2 Å². The van der Waals surface area contributed by atoms with Crippen molar-refractivity contribution in [1.29, 1.82) is 0 Å². The first-order valence-corrected chi connectivity index (χ1v) is 8.28. The second kappa shape index (κ2) is 7.95. The maximum Gasteiger partial charge on any atom is 0.230 e. The van der Waals surface area contributed by atoms with Crippen molar-refractivity contribution in [2.24, 2.45) is 5.92 Å². The smallest absolute Gasteiger partial charge is 0.230 e. The summed E-state index contributed by atoms with van der Waals surface area (Å²) in [7, 11) is 0. The van der Waals surface area contributed by atoms with Crippen LogP contribution in [-0.4, -0.2) is 23.7 Å². The van der Waals surface area contributed by atoms with Crippen LogP contribution >= 0.6 is 15.9 Å². The maximum atomic E-state index is 12.6. The molecule has 0 aliphatic heterocycles. The van der Waals surface area contributed by atoms with Crippen LogP contribution in [0.2, 0.25) is 0 Å². The van der Waals surface area contributed by atoms with Gasteiger partial charge in [-0.2, -0.15) is 0 Å². The molecule has 0 saturated carbocycles. The summed E-state index contributed by atoms with van der Waals surface area (Å²) in [5, 5.41) is 12.3. The fourth-order valence-electron chi connectivity index (χ4n) is 2.25. The van der Waals surface area contributed by atoms with Gasteiger partial charge in [0.05, 0.1) is 5.41 Å². The van der Waals surface area contributed by atoms with Crippen LogP contribution in [0.5, 0.6) is 0 Å². The predicted octanol–water partition coefficient (Wildman–Crippen LogP) is 3.64. The highest BCUT2D eigenvalue weighted by Gasteiger charge is 2.31. The summed E-state index contributed by atoms with van der Waals surface area (Å²) >= 11 is 3.41. The summed E-state index contributed by atoms with van der Waals surface area (Å²) in [6.45, 7) is 8.08. The Morgan fingerprint density at radius 1 is 1.33 bits per heavy atom. The molecular weight excluding hydrogens is 330 g/mol. The summed E-state index contributed by atoms with van der Waals surface area (Å²) in [6, 6.07) is 7.96. The molecule has 2 N–H and O–H groups in total. The highest BCUT2D eigenvalue weighted by molar-refractivity contribution is 9.10. The zero-order chi connectivity index (χ0) is 16.0. The lowest BCUT2D eigenvalue weighted by molar-refractivity contribution is -0.126. The Bertz CT molecular complexity index is 456. The predicted molar refractivity (Wildman–Crippen MR) is 90.3 cm³/mol. The van der Waals surface area contributed by atoms with Gasteiger partial charge in [-0.25, -0.2) is 0 Å². The normalized spacial score (nSPS) is 14.6. The Labute approximate surface area is 136 Å². The van der Waals surface area contributed by atoms with E-state index in [1.54, 1.807) is 0 Å². The summed E-state index contributed by atoms with van der Waals surface area (Å²) in [6.07, 6.45) is 1.67. The molecule has 0 radical (unpaired) electrons. The van der Waals surface area contributed by atoms with E-state index in [0.717, 1.165) is 22.9 Å². The molecule has 118 valence electrons. The standard InChI is InChI=1S/C17H26BrNO2/c1-5-15(10-12(2)11-20)19-16(21)17(3,4)13-6-8-14(18)9-7-13/h6-9,12,15,20H,5,10-11H2,1-4H3,(H,19,21)/t12-,15-/m0/s1. The van der Waals surface area contributed by atoms with Gasteiger partial charge in [0.2, 0.25) is 5.91 Å². The van der Waals surface area contributed by atoms with Gasteiger partial charge in [0.25, 0.3) is 0 Å². The minimum atomic E-state index is -0.573. The summed E-state index contributed by atoms with van der Waals surface area (Å²) in [5.74, 6) is 0.229. The minimum Gasteiger partial charge on any atom is -0.396 e. The second-order valence-corrected chi connectivity index (χ2v) is 7.15. The minimum absolute atomic E-state index is 0.0295. The zero-order valence-corrected chi connectivity index (χ0v) is 14.9. The molecule has 1 rings (SSSR count). The Morgan fingerprint density at radius 2 is 1.90 bits per heavy atom. The first-order chi connectivity index (χ1) is 9.81. The number of aliphatic hydroxyl groups excluding tert-OH is 1. The number of carbonyl (C=O) groups excluding carboxylic acids is 1. The van der Waals surface area contributed by atoms with Crippen molar-refractivity contribution in [3.63, 3.8) is 0 Å². The SMILES string of the molecule is CC[C@@H](C[C@H](C)CO)NC(=O)C(C)(C)c1ccc(Br)cc1. The molecule has 1 aromatic rings. The fourth-order valence-corrected chi connectivity index (χ4v) is 2.52. The number of halogens is 1. The van der Waals surface area contributed by atoms with E-state index in [0.29, 0.717) is 0 Å². The highest BCUT2D eigenvalue weighted by atomic mass is 79.9. The van der Waals surface area contributed by atoms with E-state index in [1.807, 2.05) is 45.0 Å². The highest BCUT2D eigenvalue weighted by Crippen LogP contribution is 2.25. The molecule has 0 aromatic heterocycles. The Hall–Kier alpha value is -0.870. The van der Waals surface area contributed by atoms with E-state index in [2.05, 4.69) is 28.2 Å². The molecule has 0 aliphatic carbocycles. The van der Waals surface area contributed by atoms with Gasteiger partial charge >= 0.3 is 0 Å². The summed E-state index contributed by atoms with van der Waals surface area (Å²) < 4.78 is 1.01. The molecule has 0 bridgehead atoms. The largest absolute Gasteiger partial charge is 0.396 e. The van der Waals surface area contributed by atoms with Crippen molar-refractivity contribution in [3.8, 4) is 0 Å². The topological polar surface area (TPSA) is 49.3 Å². The molecular formula is C17H26BrNO2. The van der Waals surface area contributed by atoms with Crippen molar-refractivity contribution < 1.29 is 9.90 Å². The van der Waals surface area contributed by atoms with Gasteiger partial charge in [-0.1, -0.05) is 41.9 Å².